The van der Waals surface area contributed by atoms with Crippen LogP contribution in [0.25, 0.3) is 22.2 Å². The number of nitrogens with one attached hydrogen (secondary N) is 1. The number of rotatable bonds is 5. The average Bonchev–Trinajstić information content (AvgIpc) is 2.73. The van der Waals surface area contributed by atoms with Crippen molar-refractivity contribution in [3.63, 3.8) is 0 Å². The first-order valence-corrected chi connectivity index (χ1v) is 8.93. The van der Waals surface area contributed by atoms with E-state index in [1.54, 1.807) is 7.11 Å². The standard InChI is InChI=1S/C21H20N6O/c1-13-4-7-18(22-10-13)15-8-17-20(19(9-15)28-3)24-12-25-21(17)23-11-16-6-5-14(2)26-27-16/h4-10,12H,11H2,1-3H3,(H,23,24,25). The number of methoxy groups -OCH3 is 1. The van der Waals surface area contributed by atoms with Gasteiger partial charge in [0.1, 0.15) is 23.4 Å². The summed E-state index contributed by atoms with van der Waals surface area (Å²) in [5.74, 6) is 1.38. The molecule has 7 nitrogen and oxygen atoms in total. The van der Waals surface area contributed by atoms with Gasteiger partial charge in [-0.05, 0) is 49.7 Å². The molecule has 0 aliphatic rings. The summed E-state index contributed by atoms with van der Waals surface area (Å²) in [6.07, 6.45) is 3.38. The van der Waals surface area contributed by atoms with E-state index < -0.39 is 0 Å². The summed E-state index contributed by atoms with van der Waals surface area (Å²) in [5, 5.41) is 12.5. The number of aryl methyl sites for hydroxylation is 2. The highest BCUT2D eigenvalue weighted by Gasteiger charge is 2.12. The third kappa shape index (κ3) is 3.59. The molecule has 1 N–H and O–H groups in total. The van der Waals surface area contributed by atoms with Crippen molar-refractivity contribution in [1.29, 1.82) is 0 Å². The summed E-state index contributed by atoms with van der Waals surface area (Å²) < 4.78 is 5.58. The summed E-state index contributed by atoms with van der Waals surface area (Å²) >= 11 is 0. The van der Waals surface area contributed by atoms with Gasteiger partial charge in [0.15, 0.2) is 0 Å². The first-order valence-electron chi connectivity index (χ1n) is 8.93. The first kappa shape index (κ1) is 17.8. The Kier molecular flexibility index (Phi) is 4.80. The van der Waals surface area contributed by atoms with Crippen molar-refractivity contribution in [2.45, 2.75) is 20.4 Å². The molecule has 0 aliphatic heterocycles. The molecule has 4 rings (SSSR count). The maximum Gasteiger partial charge on any atom is 0.145 e. The molecule has 28 heavy (non-hydrogen) atoms. The van der Waals surface area contributed by atoms with E-state index in [0.29, 0.717) is 18.1 Å². The van der Waals surface area contributed by atoms with Crippen LogP contribution in [0.1, 0.15) is 17.0 Å². The fraction of sp³-hybridized carbons (Fsp3) is 0.190. The largest absolute Gasteiger partial charge is 0.494 e. The molecule has 0 aliphatic carbocycles. The van der Waals surface area contributed by atoms with E-state index in [1.807, 2.05) is 56.4 Å². The molecule has 0 atom stereocenters. The molecule has 7 heteroatoms. The number of aromatic nitrogens is 5. The fourth-order valence-electron chi connectivity index (χ4n) is 2.91. The maximum absolute atomic E-state index is 5.58. The third-order valence-electron chi connectivity index (χ3n) is 4.42. The predicted octanol–water partition coefficient (Wildman–Crippen LogP) is 3.72. The highest BCUT2D eigenvalue weighted by Crippen LogP contribution is 2.33. The van der Waals surface area contributed by atoms with E-state index in [2.05, 4.69) is 30.5 Å². The number of benzene rings is 1. The zero-order valence-electron chi connectivity index (χ0n) is 16.0. The molecule has 140 valence electrons. The summed E-state index contributed by atoms with van der Waals surface area (Å²) in [6.45, 7) is 4.44. The minimum Gasteiger partial charge on any atom is -0.494 e. The van der Waals surface area contributed by atoms with Gasteiger partial charge < -0.3 is 10.1 Å². The number of fused-ring (bicyclic) bond motifs is 1. The second-order valence-electron chi connectivity index (χ2n) is 6.54. The van der Waals surface area contributed by atoms with Gasteiger partial charge in [0.05, 0.1) is 30.7 Å². The minimum atomic E-state index is 0.509. The third-order valence-corrected chi connectivity index (χ3v) is 4.42. The van der Waals surface area contributed by atoms with Crippen LogP contribution < -0.4 is 10.1 Å². The Hall–Kier alpha value is -3.61. The Balaban J connectivity index is 1.75. The van der Waals surface area contributed by atoms with Crippen LogP contribution in [0.5, 0.6) is 5.75 Å². The quantitative estimate of drug-likeness (QED) is 0.571. The lowest BCUT2D eigenvalue weighted by molar-refractivity contribution is 0.419. The molecule has 0 radical (unpaired) electrons. The van der Waals surface area contributed by atoms with E-state index in [4.69, 9.17) is 4.74 Å². The van der Waals surface area contributed by atoms with Gasteiger partial charge in [-0.3, -0.25) is 4.98 Å². The van der Waals surface area contributed by atoms with Gasteiger partial charge >= 0.3 is 0 Å². The van der Waals surface area contributed by atoms with Gasteiger partial charge in [0.25, 0.3) is 0 Å². The van der Waals surface area contributed by atoms with E-state index in [0.717, 1.165) is 39.1 Å². The molecular weight excluding hydrogens is 352 g/mol. The molecular formula is C21H20N6O. The molecule has 3 aromatic heterocycles. The Morgan fingerprint density at radius 3 is 2.57 bits per heavy atom. The Bertz CT molecular complexity index is 1110. The van der Waals surface area contributed by atoms with Crippen molar-refractivity contribution in [2.24, 2.45) is 0 Å². The molecule has 4 aromatic rings. The van der Waals surface area contributed by atoms with Crippen molar-refractivity contribution in [2.75, 3.05) is 12.4 Å². The molecule has 0 fully saturated rings. The van der Waals surface area contributed by atoms with Crippen LogP contribution in [-0.4, -0.2) is 32.3 Å². The van der Waals surface area contributed by atoms with Crippen LogP contribution in [0.2, 0.25) is 0 Å². The van der Waals surface area contributed by atoms with E-state index in [9.17, 15) is 0 Å². The number of hydrogen-bond donors (Lipinski definition) is 1. The summed E-state index contributed by atoms with van der Waals surface area (Å²) in [4.78, 5) is 13.3. The summed E-state index contributed by atoms with van der Waals surface area (Å²) in [6, 6.07) is 11.9. The van der Waals surface area contributed by atoms with Crippen LogP contribution in [0.15, 0.2) is 48.9 Å². The maximum atomic E-state index is 5.58. The zero-order chi connectivity index (χ0) is 19.5. The number of nitrogens with zero attached hydrogens (tertiary/aromatic N) is 5. The monoisotopic (exact) mass is 372 g/mol. The molecule has 0 bridgehead atoms. The van der Waals surface area contributed by atoms with Gasteiger partial charge in [-0.2, -0.15) is 10.2 Å². The smallest absolute Gasteiger partial charge is 0.145 e. The van der Waals surface area contributed by atoms with Crippen LogP contribution in [0.4, 0.5) is 5.82 Å². The van der Waals surface area contributed by atoms with Crippen molar-refractivity contribution in [1.82, 2.24) is 25.1 Å². The number of ether oxygens (including phenoxy) is 1. The number of hydrogen-bond acceptors (Lipinski definition) is 7. The van der Waals surface area contributed by atoms with Crippen LogP contribution in [0, 0.1) is 13.8 Å². The van der Waals surface area contributed by atoms with Crippen molar-refractivity contribution in [3.8, 4) is 17.0 Å². The number of pyridine rings is 1. The normalized spacial score (nSPS) is 10.8. The van der Waals surface area contributed by atoms with Gasteiger partial charge in [0.2, 0.25) is 0 Å². The average molecular weight is 372 g/mol. The lowest BCUT2D eigenvalue weighted by Gasteiger charge is -2.12. The summed E-state index contributed by atoms with van der Waals surface area (Å²) in [5.41, 5.74) is 5.38. The van der Waals surface area contributed by atoms with Crippen LogP contribution in [-0.2, 0) is 6.54 Å². The molecule has 1 aromatic carbocycles. The highest BCUT2D eigenvalue weighted by molar-refractivity contribution is 5.96. The zero-order valence-corrected chi connectivity index (χ0v) is 16.0. The Morgan fingerprint density at radius 1 is 0.964 bits per heavy atom. The molecule has 0 saturated heterocycles. The Morgan fingerprint density at radius 2 is 1.86 bits per heavy atom. The highest BCUT2D eigenvalue weighted by atomic mass is 16.5. The minimum absolute atomic E-state index is 0.509. The predicted molar refractivity (Wildman–Crippen MR) is 108 cm³/mol. The fourth-order valence-corrected chi connectivity index (χ4v) is 2.91. The second kappa shape index (κ2) is 7.56. The van der Waals surface area contributed by atoms with Gasteiger partial charge in [-0.1, -0.05) is 6.07 Å². The molecule has 0 unspecified atom stereocenters. The summed E-state index contributed by atoms with van der Waals surface area (Å²) in [7, 11) is 1.64. The SMILES string of the molecule is COc1cc(-c2ccc(C)cn2)cc2c(NCc3ccc(C)nn3)ncnc12. The lowest BCUT2D eigenvalue weighted by Crippen LogP contribution is -2.05. The molecule has 0 spiro atoms. The molecule has 0 saturated carbocycles. The van der Waals surface area contributed by atoms with E-state index >= 15 is 0 Å². The van der Waals surface area contributed by atoms with E-state index in [1.165, 1.54) is 6.33 Å². The molecule has 0 amide bonds. The van der Waals surface area contributed by atoms with Crippen LogP contribution in [0.3, 0.4) is 0 Å². The second-order valence-corrected chi connectivity index (χ2v) is 6.54. The van der Waals surface area contributed by atoms with Crippen molar-refractivity contribution in [3.05, 3.63) is 65.9 Å². The van der Waals surface area contributed by atoms with Gasteiger partial charge in [0, 0.05) is 17.1 Å². The topological polar surface area (TPSA) is 85.7 Å². The van der Waals surface area contributed by atoms with Gasteiger partial charge in [-0.25, -0.2) is 9.97 Å². The number of anilines is 1. The van der Waals surface area contributed by atoms with Crippen LogP contribution >= 0.6 is 0 Å². The van der Waals surface area contributed by atoms with Crippen molar-refractivity contribution < 1.29 is 4.74 Å². The van der Waals surface area contributed by atoms with Gasteiger partial charge in [-0.15, -0.1) is 0 Å². The van der Waals surface area contributed by atoms with Crippen molar-refractivity contribution >= 4 is 16.7 Å². The Labute approximate surface area is 162 Å². The van der Waals surface area contributed by atoms with E-state index in [-0.39, 0.29) is 0 Å². The first-order chi connectivity index (χ1) is 13.6. The molecule has 3 heterocycles. The lowest BCUT2D eigenvalue weighted by atomic mass is 10.1.